The predicted octanol–water partition coefficient (Wildman–Crippen LogP) is 5.50. The molecule has 6 heteroatoms. The van der Waals surface area contributed by atoms with E-state index in [4.69, 9.17) is 4.74 Å². The number of hydrogen-bond donors (Lipinski definition) is 1. The molecular weight excluding hydrogens is 453 g/mol. The molecule has 0 aromatic heterocycles. The zero-order chi connectivity index (χ0) is 25.2. The third-order valence-electron chi connectivity index (χ3n) is 6.82. The number of ether oxygens (including phenoxy) is 1. The first-order valence-electron chi connectivity index (χ1n) is 12.8. The van der Waals surface area contributed by atoms with Crippen molar-refractivity contribution in [2.24, 2.45) is 0 Å². The molecule has 1 aliphatic rings. The van der Waals surface area contributed by atoms with Crippen LogP contribution >= 0.6 is 0 Å². The number of hydrogen-bond acceptors (Lipinski definition) is 4. The lowest BCUT2D eigenvalue weighted by molar-refractivity contribution is -0.121. The average molecular weight is 490 g/mol. The molecule has 1 N–H and O–H groups in total. The largest absolute Gasteiger partial charge is 0.495 e. The minimum Gasteiger partial charge on any atom is -0.495 e. The first kappa shape index (κ1) is 25.7. The SMILES string of the molecule is COc1ccccc1N1CCN(CCCCCC(=O)NCc2ccccc2-c2ccc(F)cc2)CC1. The van der Waals surface area contributed by atoms with Crippen molar-refractivity contribution in [1.29, 1.82) is 0 Å². The summed E-state index contributed by atoms with van der Waals surface area (Å²) in [5.41, 5.74) is 4.17. The maximum Gasteiger partial charge on any atom is 0.220 e. The third-order valence-corrected chi connectivity index (χ3v) is 6.82. The minimum atomic E-state index is -0.250. The molecule has 3 aromatic rings. The number of rotatable bonds is 11. The van der Waals surface area contributed by atoms with Gasteiger partial charge in [-0.05, 0) is 60.3 Å². The fraction of sp³-hybridized carbons (Fsp3) is 0.367. The molecule has 1 amide bonds. The van der Waals surface area contributed by atoms with Crippen LogP contribution in [0.1, 0.15) is 31.2 Å². The van der Waals surface area contributed by atoms with E-state index in [1.807, 2.05) is 36.4 Å². The fourth-order valence-corrected chi connectivity index (χ4v) is 4.77. The third kappa shape index (κ3) is 7.08. The summed E-state index contributed by atoms with van der Waals surface area (Å²) in [6.07, 6.45) is 3.59. The Bertz CT molecular complexity index is 1110. The van der Waals surface area contributed by atoms with Gasteiger partial charge < -0.3 is 15.0 Å². The number of para-hydroxylation sites is 2. The summed E-state index contributed by atoms with van der Waals surface area (Å²) in [5, 5.41) is 3.05. The van der Waals surface area contributed by atoms with Gasteiger partial charge in [-0.25, -0.2) is 4.39 Å². The Balaban J connectivity index is 1.12. The van der Waals surface area contributed by atoms with E-state index in [9.17, 15) is 9.18 Å². The highest BCUT2D eigenvalue weighted by molar-refractivity contribution is 5.76. The molecular formula is C30H36FN3O2. The van der Waals surface area contributed by atoms with Gasteiger partial charge in [-0.1, -0.05) is 55.0 Å². The zero-order valence-corrected chi connectivity index (χ0v) is 21.1. The smallest absolute Gasteiger partial charge is 0.220 e. The van der Waals surface area contributed by atoms with Crippen molar-refractivity contribution in [3.63, 3.8) is 0 Å². The van der Waals surface area contributed by atoms with E-state index in [1.165, 1.54) is 17.8 Å². The van der Waals surface area contributed by atoms with E-state index >= 15 is 0 Å². The predicted molar refractivity (Wildman–Crippen MR) is 144 cm³/mol. The lowest BCUT2D eigenvalue weighted by atomic mass is 9.99. The number of carbonyl (C=O) groups is 1. The van der Waals surface area contributed by atoms with Gasteiger partial charge in [0.2, 0.25) is 5.91 Å². The molecule has 0 saturated carbocycles. The van der Waals surface area contributed by atoms with E-state index < -0.39 is 0 Å². The minimum absolute atomic E-state index is 0.0781. The van der Waals surface area contributed by atoms with E-state index in [-0.39, 0.29) is 11.7 Å². The topological polar surface area (TPSA) is 44.8 Å². The molecule has 0 unspecified atom stereocenters. The normalized spacial score (nSPS) is 14.0. The van der Waals surface area contributed by atoms with Gasteiger partial charge in [-0.3, -0.25) is 9.69 Å². The quantitative estimate of drug-likeness (QED) is 0.361. The lowest BCUT2D eigenvalue weighted by Crippen LogP contribution is -2.46. The van der Waals surface area contributed by atoms with Gasteiger partial charge in [0.1, 0.15) is 11.6 Å². The number of nitrogens with zero attached hydrogens (tertiary/aromatic N) is 2. The second kappa shape index (κ2) is 13.1. The van der Waals surface area contributed by atoms with Crippen LogP contribution < -0.4 is 15.0 Å². The second-order valence-electron chi connectivity index (χ2n) is 9.25. The van der Waals surface area contributed by atoms with Crippen LogP contribution in [0.4, 0.5) is 10.1 Å². The first-order valence-corrected chi connectivity index (χ1v) is 12.8. The average Bonchev–Trinajstić information content (AvgIpc) is 2.93. The van der Waals surface area contributed by atoms with Crippen molar-refractivity contribution < 1.29 is 13.9 Å². The van der Waals surface area contributed by atoms with Crippen LogP contribution in [0.25, 0.3) is 11.1 Å². The summed E-state index contributed by atoms with van der Waals surface area (Å²) in [6.45, 7) is 5.65. The standard InChI is InChI=1S/C30H36FN3O2/c1-36-29-12-7-6-11-28(29)34-21-19-33(20-22-34)18-8-2-3-13-30(35)32-23-25-9-4-5-10-27(25)24-14-16-26(31)17-15-24/h4-7,9-12,14-17H,2-3,8,13,18-23H2,1H3,(H,32,35). The molecule has 5 nitrogen and oxygen atoms in total. The van der Waals surface area contributed by atoms with Gasteiger partial charge in [0.05, 0.1) is 12.8 Å². The summed E-state index contributed by atoms with van der Waals surface area (Å²) in [5.74, 6) is 0.761. The van der Waals surface area contributed by atoms with Crippen LogP contribution in [0.2, 0.25) is 0 Å². The molecule has 36 heavy (non-hydrogen) atoms. The zero-order valence-electron chi connectivity index (χ0n) is 21.1. The Morgan fingerprint density at radius 1 is 0.889 bits per heavy atom. The fourth-order valence-electron chi connectivity index (χ4n) is 4.77. The highest BCUT2D eigenvalue weighted by Crippen LogP contribution is 2.28. The van der Waals surface area contributed by atoms with E-state index in [1.54, 1.807) is 19.2 Å². The second-order valence-corrected chi connectivity index (χ2v) is 9.25. The van der Waals surface area contributed by atoms with Crippen molar-refractivity contribution in [3.05, 3.63) is 84.2 Å². The molecule has 0 bridgehead atoms. The van der Waals surface area contributed by atoms with Crippen molar-refractivity contribution in [2.75, 3.05) is 44.7 Å². The van der Waals surface area contributed by atoms with Crippen molar-refractivity contribution in [3.8, 4) is 16.9 Å². The lowest BCUT2D eigenvalue weighted by Gasteiger charge is -2.36. The number of unbranched alkanes of at least 4 members (excludes halogenated alkanes) is 2. The van der Waals surface area contributed by atoms with Gasteiger partial charge >= 0.3 is 0 Å². The van der Waals surface area contributed by atoms with Crippen LogP contribution in [-0.4, -0.2) is 50.6 Å². The Morgan fingerprint density at radius 3 is 2.39 bits per heavy atom. The van der Waals surface area contributed by atoms with E-state index in [0.717, 1.165) is 74.4 Å². The number of amides is 1. The molecule has 1 heterocycles. The number of halogens is 1. The number of anilines is 1. The molecule has 0 spiro atoms. The maximum atomic E-state index is 13.3. The van der Waals surface area contributed by atoms with Crippen LogP contribution in [-0.2, 0) is 11.3 Å². The van der Waals surface area contributed by atoms with Crippen molar-refractivity contribution >= 4 is 11.6 Å². The molecule has 3 aromatic carbocycles. The number of benzene rings is 3. The van der Waals surface area contributed by atoms with Crippen molar-refractivity contribution in [1.82, 2.24) is 10.2 Å². The number of piperazine rings is 1. The van der Waals surface area contributed by atoms with Crippen LogP contribution in [0.3, 0.4) is 0 Å². The molecule has 190 valence electrons. The molecule has 0 atom stereocenters. The molecule has 0 aliphatic carbocycles. The van der Waals surface area contributed by atoms with Gasteiger partial charge in [0.25, 0.3) is 0 Å². The van der Waals surface area contributed by atoms with Gasteiger partial charge in [-0.2, -0.15) is 0 Å². The summed E-state index contributed by atoms with van der Waals surface area (Å²) in [7, 11) is 1.72. The number of nitrogens with one attached hydrogen (secondary N) is 1. The summed E-state index contributed by atoms with van der Waals surface area (Å²) in [4.78, 5) is 17.3. The van der Waals surface area contributed by atoms with Gasteiger partial charge in [0, 0.05) is 39.1 Å². The number of carbonyl (C=O) groups excluding carboxylic acids is 1. The molecule has 4 rings (SSSR count). The molecule has 1 aliphatic heterocycles. The van der Waals surface area contributed by atoms with E-state index in [2.05, 4.69) is 27.2 Å². The van der Waals surface area contributed by atoms with Crippen molar-refractivity contribution in [2.45, 2.75) is 32.2 Å². The molecule has 1 saturated heterocycles. The summed E-state index contributed by atoms with van der Waals surface area (Å²) in [6, 6.07) is 22.6. The monoisotopic (exact) mass is 489 g/mol. The Hall–Kier alpha value is -3.38. The van der Waals surface area contributed by atoms with E-state index in [0.29, 0.717) is 13.0 Å². The Labute approximate surface area is 213 Å². The van der Waals surface area contributed by atoms with Gasteiger partial charge in [-0.15, -0.1) is 0 Å². The molecule has 1 fully saturated rings. The highest BCUT2D eigenvalue weighted by Gasteiger charge is 2.19. The summed E-state index contributed by atoms with van der Waals surface area (Å²) >= 11 is 0. The highest BCUT2D eigenvalue weighted by atomic mass is 19.1. The Kier molecular flexibility index (Phi) is 9.33. The first-order chi connectivity index (χ1) is 17.6. The van der Waals surface area contributed by atoms with Crippen LogP contribution in [0, 0.1) is 5.82 Å². The van der Waals surface area contributed by atoms with Gasteiger partial charge in [0.15, 0.2) is 0 Å². The molecule has 0 radical (unpaired) electrons. The van der Waals surface area contributed by atoms with Crippen LogP contribution in [0.5, 0.6) is 5.75 Å². The maximum absolute atomic E-state index is 13.3. The Morgan fingerprint density at radius 2 is 1.61 bits per heavy atom. The number of methoxy groups -OCH3 is 1. The van der Waals surface area contributed by atoms with Crippen LogP contribution in [0.15, 0.2) is 72.8 Å². The summed E-state index contributed by atoms with van der Waals surface area (Å²) < 4.78 is 18.8.